The maximum atomic E-state index is 12.7. The average molecular weight is 379 g/mol. The van der Waals surface area contributed by atoms with Crippen LogP contribution < -0.4 is 5.32 Å². The van der Waals surface area contributed by atoms with Crippen molar-refractivity contribution in [1.29, 1.82) is 0 Å². The third kappa shape index (κ3) is 3.47. The quantitative estimate of drug-likeness (QED) is 0.556. The summed E-state index contributed by atoms with van der Waals surface area (Å²) in [5, 5.41) is 7.88. The number of rotatable bonds is 4. The van der Waals surface area contributed by atoms with Gasteiger partial charge in [-0.2, -0.15) is 5.10 Å². The Morgan fingerprint density at radius 3 is 2.67 bits per heavy atom. The SMILES string of the molecule is Cc1cccnc1NC(=O)c1cc(-c2ccco2)n(-c2ccc(Cl)cc2)n1. The van der Waals surface area contributed by atoms with Crippen molar-refractivity contribution in [1.82, 2.24) is 14.8 Å². The van der Waals surface area contributed by atoms with Gasteiger partial charge in [-0.1, -0.05) is 17.7 Å². The number of hydrogen-bond acceptors (Lipinski definition) is 4. The number of nitrogens with one attached hydrogen (secondary N) is 1. The highest BCUT2D eigenvalue weighted by Crippen LogP contribution is 2.25. The lowest BCUT2D eigenvalue weighted by Gasteiger charge is -2.06. The van der Waals surface area contributed by atoms with E-state index in [0.717, 1.165) is 11.3 Å². The smallest absolute Gasteiger partial charge is 0.277 e. The van der Waals surface area contributed by atoms with Gasteiger partial charge in [-0.15, -0.1) is 0 Å². The van der Waals surface area contributed by atoms with Crippen molar-refractivity contribution >= 4 is 23.3 Å². The number of anilines is 1. The van der Waals surface area contributed by atoms with Crippen molar-refractivity contribution in [2.24, 2.45) is 0 Å². The number of amides is 1. The fourth-order valence-corrected chi connectivity index (χ4v) is 2.79. The summed E-state index contributed by atoms with van der Waals surface area (Å²) in [7, 11) is 0. The normalized spacial score (nSPS) is 10.7. The minimum absolute atomic E-state index is 0.251. The number of pyridine rings is 1. The molecule has 0 unspecified atom stereocenters. The molecule has 0 aliphatic heterocycles. The highest BCUT2D eigenvalue weighted by Gasteiger charge is 2.19. The Bertz CT molecular complexity index is 1090. The summed E-state index contributed by atoms with van der Waals surface area (Å²) in [5.41, 5.74) is 2.54. The lowest BCUT2D eigenvalue weighted by molar-refractivity contribution is 0.102. The first-order valence-corrected chi connectivity index (χ1v) is 8.62. The Balaban J connectivity index is 1.74. The summed E-state index contributed by atoms with van der Waals surface area (Å²) in [6.07, 6.45) is 3.20. The van der Waals surface area contributed by atoms with Gasteiger partial charge in [0.1, 0.15) is 11.5 Å². The first-order chi connectivity index (χ1) is 13.1. The van der Waals surface area contributed by atoms with Crippen LogP contribution in [-0.2, 0) is 0 Å². The van der Waals surface area contributed by atoms with Crippen LogP contribution in [0.15, 0.2) is 71.5 Å². The molecule has 1 N–H and O–H groups in total. The van der Waals surface area contributed by atoms with Gasteiger partial charge < -0.3 is 9.73 Å². The van der Waals surface area contributed by atoms with E-state index in [1.807, 2.05) is 37.3 Å². The zero-order valence-corrected chi connectivity index (χ0v) is 15.1. The molecule has 1 amide bonds. The van der Waals surface area contributed by atoms with Gasteiger partial charge in [-0.3, -0.25) is 4.79 Å². The zero-order chi connectivity index (χ0) is 18.8. The predicted molar refractivity (Wildman–Crippen MR) is 103 cm³/mol. The predicted octanol–water partition coefficient (Wildman–Crippen LogP) is 4.74. The Kier molecular flexibility index (Phi) is 4.48. The van der Waals surface area contributed by atoms with Crippen LogP contribution in [0.1, 0.15) is 16.1 Å². The van der Waals surface area contributed by atoms with E-state index in [1.54, 1.807) is 41.4 Å². The van der Waals surface area contributed by atoms with Crippen LogP contribution >= 0.6 is 11.6 Å². The molecule has 0 saturated heterocycles. The number of hydrogen-bond donors (Lipinski definition) is 1. The molecule has 7 heteroatoms. The molecule has 0 atom stereocenters. The Labute approximate surface area is 160 Å². The molecule has 0 bridgehead atoms. The third-order valence-electron chi connectivity index (χ3n) is 4.03. The number of halogens is 1. The molecule has 4 rings (SSSR count). The van der Waals surface area contributed by atoms with Gasteiger partial charge in [0.15, 0.2) is 11.5 Å². The number of aryl methyl sites for hydroxylation is 1. The van der Waals surface area contributed by atoms with Gasteiger partial charge >= 0.3 is 0 Å². The number of furan rings is 1. The Hall–Kier alpha value is -3.38. The number of carbonyl (C=O) groups excluding carboxylic acids is 1. The summed E-state index contributed by atoms with van der Waals surface area (Å²) in [6, 6.07) is 16.2. The lowest BCUT2D eigenvalue weighted by Crippen LogP contribution is -2.15. The average Bonchev–Trinajstić information content (AvgIpc) is 3.33. The fourth-order valence-electron chi connectivity index (χ4n) is 2.66. The van der Waals surface area contributed by atoms with Gasteiger partial charge in [-0.25, -0.2) is 9.67 Å². The summed E-state index contributed by atoms with van der Waals surface area (Å²) in [6.45, 7) is 1.88. The van der Waals surface area contributed by atoms with Gasteiger partial charge in [-0.05, 0) is 55.0 Å². The molecule has 0 aliphatic rings. The van der Waals surface area contributed by atoms with E-state index in [-0.39, 0.29) is 11.6 Å². The minimum Gasteiger partial charge on any atom is -0.463 e. The van der Waals surface area contributed by atoms with Crippen molar-refractivity contribution in [3.8, 4) is 17.1 Å². The molecular weight excluding hydrogens is 364 g/mol. The second-order valence-electron chi connectivity index (χ2n) is 5.90. The molecule has 1 aromatic carbocycles. The van der Waals surface area contributed by atoms with Crippen LogP contribution in [0.3, 0.4) is 0 Å². The molecule has 0 aliphatic carbocycles. The van der Waals surface area contributed by atoms with Gasteiger partial charge in [0, 0.05) is 17.3 Å². The molecule has 134 valence electrons. The summed E-state index contributed by atoms with van der Waals surface area (Å²) in [5.74, 6) is 0.755. The maximum absolute atomic E-state index is 12.7. The highest BCUT2D eigenvalue weighted by atomic mass is 35.5. The third-order valence-corrected chi connectivity index (χ3v) is 4.28. The standard InChI is InChI=1S/C20H15ClN4O2/c1-13-4-2-10-22-19(13)23-20(26)16-12-17(18-5-3-11-27-18)25(24-16)15-8-6-14(21)7-9-15/h2-12H,1H3,(H,22,23,26). The van der Waals surface area contributed by atoms with Crippen LogP contribution in [0.2, 0.25) is 5.02 Å². The molecule has 27 heavy (non-hydrogen) atoms. The van der Waals surface area contributed by atoms with E-state index in [0.29, 0.717) is 22.3 Å². The second-order valence-corrected chi connectivity index (χ2v) is 6.34. The van der Waals surface area contributed by atoms with Crippen LogP contribution in [-0.4, -0.2) is 20.7 Å². The van der Waals surface area contributed by atoms with E-state index in [2.05, 4.69) is 15.4 Å². The molecular formula is C20H15ClN4O2. The van der Waals surface area contributed by atoms with Gasteiger partial charge in [0.25, 0.3) is 5.91 Å². The molecule has 0 radical (unpaired) electrons. The van der Waals surface area contributed by atoms with Gasteiger partial charge in [0.05, 0.1) is 12.0 Å². The first kappa shape index (κ1) is 17.1. The van der Waals surface area contributed by atoms with Crippen molar-refractivity contribution in [2.45, 2.75) is 6.92 Å². The zero-order valence-electron chi connectivity index (χ0n) is 14.4. The molecule has 3 aromatic heterocycles. The summed E-state index contributed by atoms with van der Waals surface area (Å²) >= 11 is 5.98. The van der Waals surface area contributed by atoms with Gasteiger partial charge in [0.2, 0.25) is 0 Å². The van der Waals surface area contributed by atoms with Crippen molar-refractivity contribution in [2.75, 3.05) is 5.32 Å². The topological polar surface area (TPSA) is 73.0 Å². The van der Waals surface area contributed by atoms with E-state index in [9.17, 15) is 4.79 Å². The van der Waals surface area contributed by atoms with Crippen molar-refractivity contribution < 1.29 is 9.21 Å². The van der Waals surface area contributed by atoms with Crippen LogP contribution in [0.4, 0.5) is 5.82 Å². The van der Waals surface area contributed by atoms with Crippen LogP contribution in [0.5, 0.6) is 0 Å². The molecule has 0 fully saturated rings. The maximum Gasteiger partial charge on any atom is 0.277 e. The number of carbonyl (C=O) groups is 1. The van der Waals surface area contributed by atoms with E-state index in [1.165, 1.54) is 0 Å². The molecule has 0 spiro atoms. The van der Waals surface area contributed by atoms with Crippen LogP contribution in [0, 0.1) is 6.92 Å². The van der Waals surface area contributed by atoms with Crippen molar-refractivity contribution in [3.05, 3.63) is 83.3 Å². The number of nitrogens with zero attached hydrogens (tertiary/aromatic N) is 3. The monoisotopic (exact) mass is 378 g/mol. The first-order valence-electron chi connectivity index (χ1n) is 8.24. The highest BCUT2D eigenvalue weighted by molar-refractivity contribution is 6.30. The number of benzene rings is 1. The van der Waals surface area contributed by atoms with E-state index < -0.39 is 0 Å². The molecule has 4 aromatic rings. The number of aromatic nitrogens is 3. The van der Waals surface area contributed by atoms with Crippen molar-refractivity contribution in [3.63, 3.8) is 0 Å². The summed E-state index contributed by atoms with van der Waals surface area (Å²) < 4.78 is 7.15. The minimum atomic E-state index is -0.350. The van der Waals surface area contributed by atoms with E-state index in [4.69, 9.17) is 16.0 Å². The largest absolute Gasteiger partial charge is 0.463 e. The lowest BCUT2D eigenvalue weighted by atomic mass is 10.2. The molecule has 6 nitrogen and oxygen atoms in total. The fraction of sp³-hybridized carbons (Fsp3) is 0.0500. The molecule has 3 heterocycles. The second kappa shape index (κ2) is 7.09. The Morgan fingerprint density at radius 2 is 1.96 bits per heavy atom. The summed E-state index contributed by atoms with van der Waals surface area (Å²) in [4.78, 5) is 16.9. The van der Waals surface area contributed by atoms with Crippen LogP contribution in [0.25, 0.3) is 17.1 Å². The Morgan fingerprint density at radius 1 is 1.15 bits per heavy atom. The van der Waals surface area contributed by atoms with E-state index >= 15 is 0 Å². The molecule has 0 saturated carbocycles.